The smallest absolute Gasteiger partial charge is 0.158 e. The van der Waals surface area contributed by atoms with Crippen LogP contribution in [0.15, 0.2) is 40.5 Å². The highest BCUT2D eigenvalue weighted by Crippen LogP contribution is 2.40. The summed E-state index contributed by atoms with van der Waals surface area (Å²) in [6.07, 6.45) is 0. The molecule has 0 radical (unpaired) electrons. The van der Waals surface area contributed by atoms with E-state index in [0.29, 0.717) is 5.57 Å². The molecule has 2 rings (SSSR count). The lowest BCUT2D eigenvalue weighted by atomic mass is 9.72. The van der Waals surface area contributed by atoms with Gasteiger partial charge in [-0.25, -0.2) is 0 Å². The van der Waals surface area contributed by atoms with Crippen molar-refractivity contribution in [1.29, 1.82) is 0 Å². The van der Waals surface area contributed by atoms with Crippen LogP contribution >= 0.6 is 0 Å². The van der Waals surface area contributed by atoms with Gasteiger partial charge in [0.15, 0.2) is 5.78 Å². The Bertz CT molecular complexity index is 668. The molecule has 0 aliphatic carbocycles. The zero-order valence-corrected chi connectivity index (χ0v) is 13.2. The lowest BCUT2D eigenvalue weighted by Crippen LogP contribution is -2.33. The Morgan fingerprint density at radius 2 is 1.67 bits per heavy atom. The van der Waals surface area contributed by atoms with Crippen LogP contribution in [0.25, 0.3) is 0 Å². The summed E-state index contributed by atoms with van der Waals surface area (Å²) in [5, 5.41) is 0. The van der Waals surface area contributed by atoms with Crippen molar-refractivity contribution in [3.05, 3.63) is 46.7 Å². The molecule has 0 N–H and O–H groups in total. The average Bonchev–Trinajstić information content (AvgIpc) is 2.37. The van der Waals surface area contributed by atoms with Gasteiger partial charge in [-0.15, -0.1) is 0 Å². The summed E-state index contributed by atoms with van der Waals surface area (Å²) in [6.45, 7) is 8.87. The summed E-state index contributed by atoms with van der Waals surface area (Å²) in [6, 6.07) is 7.94. The van der Waals surface area contributed by atoms with Crippen molar-refractivity contribution in [1.82, 2.24) is 0 Å². The number of carbonyl (C=O) groups is 2. The van der Waals surface area contributed by atoms with E-state index < -0.39 is 0 Å². The molecule has 1 aliphatic rings. The molecule has 0 aromatic heterocycles. The molecule has 0 amide bonds. The number of rotatable bonds is 3. The molecular formula is C18H21NO2. The number of ketones is 2. The number of aryl methyl sites for hydroxylation is 1. The third kappa shape index (κ3) is 2.73. The fourth-order valence-corrected chi connectivity index (χ4v) is 3.30. The zero-order valence-electron chi connectivity index (χ0n) is 13.2. The van der Waals surface area contributed by atoms with Crippen LogP contribution in [-0.4, -0.2) is 17.3 Å². The molecule has 3 heteroatoms. The first-order valence-electron chi connectivity index (χ1n) is 7.17. The number of carbonyl (C=O) groups excluding carboxylic acids is 2. The van der Waals surface area contributed by atoms with Crippen LogP contribution in [0.2, 0.25) is 0 Å². The van der Waals surface area contributed by atoms with Crippen LogP contribution in [0.5, 0.6) is 0 Å². The van der Waals surface area contributed by atoms with Crippen molar-refractivity contribution in [3.63, 3.8) is 0 Å². The Labute approximate surface area is 125 Å². The number of Topliss-reactive ketones (excluding diaryl/α,β-unsaturated/α-hetero) is 2. The summed E-state index contributed by atoms with van der Waals surface area (Å²) in [4.78, 5) is 28.8. The van der Waals surface area contributed by atoms with Crippen LogP contribution in [0, 0.1) is 12.8 Å². The molecule has 1 aliphatic heterocycles. The predicted molar refractivity (Wildman–Crippen MR) is 84.6 cm³/mol. The Hall–Kier alpha value is -2.03. The summed E-state index contributed by atoms with van der Waals surface area (Å²) in [7, 11) is 0. The molecule has 0 spiro atoms. The molecule has 0 bridgehead atoms. The molecule has 2 atom stereocenters. The van der Waals surface area contributed by atoms with Gasteiger partial charge in [0.1, 0.15) is 5.78 Å². The van der Waals surface area contributed by atoms with Gasteiger partial charge in [0, 0.05) is 22.9 Å². The van der Waals surface area contributed by atoms with Gasteiger partial charge >= 0.3 is 0 Å². The molecule has 0 saturated heterocycles. The van der Waals surface area contributed by atoms with Crippen molar-refractivity contribution < 1.29 is 9.59 Å². The highest BCUT2D eigenvalue weighted by Gasteiger charge is 2.38. The largest absolute Gasteiger partial charge is 0.299 e. The minimum atomic E-state index is -0.353. The Morgan fingerprint density at radius 3 is 2.19 bits per heavy atom. The molecule has 1 aromatic rings. The number of nitrogens with zero attached hydrogens (tertiary/aromatic N) is 1. The monoisotopic (exact) mass is 283 g/mol. The van der Waals surface area contributed by atoms with Crippen LogP contribution in [0.1, 0.15) is 44.7 Å². The Morgan fingerprint density at radius 1 is 1.05 bits per heavy atom. The summed E-state index contributed by atoms with van der Waals surface area (Å²) in [5.41, 5.74) is 4.31. The SMILES string of the molecule is CC(=O)C1=C(C)N=C(C)C(C(C)=O)[C@H]1c1ccccc1C. The first-order valence-corrected chi connectivity index (χ1v) is 7.17. The second-order valence-electron chi connectivity index (χ2n) is 5.73. The number of hydrogen-bond donors (Lipinski definition) is 0. The van der Waals surface area contributed by atoms with Crippen LogP contribution in [0.4, 0.5) is 0 Å². The quantitative estimate of drug-likeness (QED) is 0.850. The number of benzene rings is 1. The van der Waals surface area contributed by atoms with Crippen molar-refractivity contribution in [2.24, 2.45) is 10.9 Å². The maximum absolute atomic E-state index is 12.2. The molecular weight excluding hydrogens is 262 g/mol. The van der Waals surface area contributed by atoms with E-state index in [2.05, 4.69) is 4.99 Å². The Balaban J connectivity index is 2.72. The predicted octanol–water partition coefficient (Wildman–Crippen LogP) is 3.62. The van der Waals surface area contributed by atoms with Crippen molar-refractivity contribution in [3.8, 4) is 0 Å². The van der Waals surface area contributed by atoms with Gasteiger partial charge in [-0.2, -0.15) is 0 Å². The van der Waals surface area contributed by atoms with E-state index in [1.165, 1.54) is 0 Å². The van der Waals surface area contributed by atoms with Crippen molar-refractivity contribution in [2.75, 3.05) is 0 Å². The summed E-state index contributed by atoms with van der Waals surface area (Å²) in [5.74, 6) is -0.536. The average molecular weight is 283 g/mol. The van der Waals surface area contributed by atoms with Gasteiger partial charge in [-0.3, -0.25) is 14.6 Å². The lowest BCUT2D eigenvalue weighted by molar-refractivity contribution is -0.119. The van der Waals surface area contributed by atoms with Gasteiger partial charge in [0.2, 0.25) is 0 Å². The van der Waals surface area contributed by atoms with E-state index in [1.54, 1.807) is 13.8 Å². The maximum atomic E-state index is 12.2. The van der Waals surface area contributed by atoms with E-state index >= 15 is 0 Å². The molecule has 110 valence electrons. The normalized spacial score (nSPS) is 22.0. The third-order valence-corrected chi connectivity index (χ3v) is 4.17. The molecule has 3 nitrogen and oxygen atoms in total. The first kappa shape index (κ1) is 15.4. The van der Waals surface area contributed by atoms with Gasteiger partial charge in [0.05, 0.1) is 5.92 Å². The van der Waals surface area contributed by atoms with Crippen molar-refractivity contribution >= 4 is 17.3 Å². The topological polar surface area (TPSA) is 46.5 Å². The van der Waals surface area contributed by atoms with E-state index in [4.69, 9.17) is 0 Å². The minimum Gasteiger partial charge on any atom is -0.299 e. The molecule has 1 unspecified atom stereocenters. The third-order valence-electron chi connectivity index (χ3n) is 4.17. The fraction of sp³-hybridized carbons (Fsp3) is 0.389. The van der Waals surface area contributed by atoms with E-state index in [1.807, 2.05) is 45.0 Å². The van der Waals surface area contributed by atoms with Crippen LogP contribution < -0.4 is 0 Å². The number of allylic oxidation sites excluding steroid dienone is 2. The van der Waals surface area contributed by atoms with Gasteiger partial charge < -0.3 is 0 Å². The zero-order chi connectivity index (χ0) is 15.7. The van der Waals surface area contributed by atoms with Crippen molar-refractivity contribution in [2.45, 2.75) is 40.5 Å². The molecule has 1 heterocycles. The second-order valence-corrected chi connectivity index (χ2v) is 5.73. The summed E-state index contributed by atoms with van der Waals surface area (Å²) >= 11 is 0. The highest BCUT2D eigenvalue weighted by molar-refractivity contribution is 6.09. The number of hydrogen-bond acceptors (Lipinski definition) is 3. The highest BCUT2D eigenvalue weighted by atomic mass is 16.1. The summed E-state index contributed by atoms with van der Waals surface area (Å²) < 4.78 is 0. The molecule has 0 fully saturated rings. The Kier molecular flexibility index (Phi) is 4.21. The molecule has 21 heavy (non-hydrogen) atoms. The second kappa shape index (κ2) is 5.76. The van der Waals surface area contributed by atoms with E-state index in [9.17, 15) is 9.59 Å². The van der Waals surface area contributed by atoms with Gasteiger partial charge in [-0.05, 0) is 45.7 Å². The van der Waals surface area contributed by atoms with Gasteiger partial charge in [-0.1, -0.05) is 24.3 Å². The van der Waals surface area contributed by atoms with Crippen LogP contribution in [-0.2, 0) is 9.59 Å². The van der Waals surface area contributed by atoms with Gasteiger partial charge in [0.25, 0.3) is 0 Å². The standard InChI is InChI=1S/C18H21NO2/c1-10-8-6-7-9-15(10)18-16(13(4)20)11(2)19-12(3)17(18)14(5)21/h6-9,16,18H,1-5H3/t16?,18-/m1/s1. The number of aliphatic imine (C=N–C) groups is 1. The fourth-order valence-electron chi connectivity index (χ4n) is 3.30. The minimum absolute atomic E-state index is 0.0109. The lowest BCUT2D eigenvalue weighted by Gasteiger charge is -2.32. The van der Waals surface area contributed by atoms with Crippen LogP contribution in [0.3, 0.4) is 0 Å². The molecule has 1 aromatic carbocycles. The maximum Gasteiger partial charge on any atom is 0.158 e. The van der Waals surface area contributed by atoms with E-state index in [-0.39, 0.29) is 23.4 Å². The molecule has 0 saturated carbocycles. The van der Waals surface area contributed by atoms with E-state index in [0.717, 1.165) is 22.5 Å². The first-order chi connectivity index (χ1) is 9.84.